The van der Waals surface area contributed by atoms with E-state index in [0.717, 1.165) is 10.0 Å². The Morgan fingerprint density at radius 2 is 2.11 bits per heavy atom. The molecule has 0 bridgehead atoms. The van der Waals surface area contributed by atoms with E-state index in [1.807, 2.05) is 19.9 Å². The van der Waals surface area contributed by atoms with E-state index in [4.69, 9.17) is 5.11 Å². The van der Waals surface area contributed by atoms with Gasteiger partial charge < -0.3 is 10.4 Å². The highest BCUT2D eigenvalue weighted by Crippen LogP contribution is 2.19. The molecular formula is C13H16BrNO3. The van der Waals surface area contributed by atoms with Crippen molar-refractivity contribution in [2.45, 2.75) is 32.7 Å². The first-order valence-corrected chi connectivity index (χ1v) is 6.55. The van der Waals surface area contributed by atoms with Crippen molar-refractivity contribution in [1.82, 2.24) is 5.32 Å². The van der Waals surface area contributed by atoms with Crippen LogP contribution in [0.25, 0.3) is 0 Å². The number of nitrogens with one attached hydrogen (secondary N) is 1. The zero-order valence-electron chi connectivity index (χ0n) is 10.4. The second kappa shape index (κ2) is 6.54. The number of carboxylic acids is 1. The summed E-state index contributed by atoms with van der Waals surface area (Å²) in [5.41, 5.74) is 1.29. The molecule has 98 valence electrons. The zero-order valence-corrected chi connectivity index (χ0v) is 12.0. The summed E-state index contributed by atoms with van der Waals surface area (Å²) in [5.74, 6) is -1.35. The minimum absolute atomic E-state index is 0.352. The topological polar surface area (TPSA) is 66.4 Å². The summed E-state index contributed by atoms with van der Waals surface area (Å²) in [4.78, 5) is 23.0. The fourth-order valence-electron chi connectivity index (χ4n) is 1.64. The third kappa shape index (κ3) is 3.57. The van der Waals surface area contributed by atoms with Crippen molar-refractivity contribution in [2.24, 2.45) is 0 Å². The molecule has 1 rings (SSSR count). The lowest BCUT2D eigenvalue weighted by Crippen LogP contribution is -2.40. The number of hydrogen-bond acceptors (Lipinski definition) is 2. The third-order valence-corrected chi connectivity index (χ3v) is 3.55. The lowest BCUT2D eigenvalue weighted by molar-refractivity contribution is -0.139. The summed E-state index contributed by atoms with van der Waals surface area (Å²) in [5, 5.41) is 11.5. The van der Waals surface area contributed by atoms with Gasteiger partial charge in [0.1, 0.15) is 6.04 Å². The van der Waals surface area contributed by atoms with Gasteiger partial charge in [0, 0.05) is 10.0 Å². The van der Waals surface area contributed by atoms with Gasteiger partial charge in [-0.15, -0.1) is 0 Å². The number of aliphatic carboxylic acids is 1. The molecule has 0 spiro atoms. The van der Waals surface area contributed by atoms with Crippen molar-refractivity contribution in [3.63, 3.8) is 0 Å². The molecule has 5 heteroatoms. The SMILES string of the molecule is CCC[C@H](NC(=O)c1cccc(Br)c1C)C(=O)O. The Bertz CT molecular complexity index is 460. The van der Waals surface area contributed by atoms with Crippen LogP contribution in [0.3, 0.4) is 0 Å². The molecule has 2 N–H and O–H groups in total. The average Bonchev–Trinajstić information content (AvgIpc) is 2.31. The van der Waals surface area contributed by atoms with Crippen molar-refractivity contribution in [3.05, 3.63) is 33.8 Å². The van der Waals surface area contributed by atoms with E-state index in [1.165, 1.54) is 0 Å². The maximum Gasteiger partial charge on any atom is 0.326 e. The van der Waals surface area contributed by atoms with Crippen molar-refractivity contribution in [3.8, 4) is 0 Å². The van der Waals surface area contributed by atoms with Crippen molar-refractivity contribution >= 4 is 27.8 Å². The van der Waals surface area contributed by atoms with E-state index in [0.29, 0.717) is 18.4 Å². The summed E-state index contributed by atoms with van der Waals surface area (Å²) in [6, 6.07) is 4.44. The quantitative estimate of drug-likeness (QED) is 0.878. The minimum atomic E-state index is -1.00. The van der Waals surface area contributed by atoms with Crippen LogP contribution in [0.15, 0.2) is 22.7 Å². The molecule has 0 aromatic heterocycles. The number of carbonyl (C=O) groups is 2. The number of amides is 1. The molecule has 0 saturated carbocycles. The summed E-state index contributed by atoms with van der Waals surface area (Å²) >= 11 is 3.34. The van der Waals surface area contributed by atoms with Crippen LogP contribution >= 0.6 is 15.9 Å². The van der Waals surface area contributed by atoms with Gasteiger partial charge >= 0.3 is 5.97 Å². The summed E-state index contributed by atoms with van der Waals surface area (Å²) in [6.07, 6.45) is 1.13. The lowest BCUT2D eigenvalue weighted by Gasteiger charge is -2.14. The average molecular weight is 314 g/mol. The van der Waals surface area contributed by atoms with Crippen molar-refractivity contribution < 1.29 is 14.7 Å². The molecule has 0 heterocycles. The Morgan fingerprint density at radius 3 is 2.67 bits per heavy atom. The third-order valence-electron chi connectivity index (χ3n) is 2.69. The first-order valence-electron chi connectivity index (χ1n) is 5.76. The van der Waals surface area contributed by atoms with Crippen LogP contribution in [0.5, 0.6) is 0 Å². The van der Waals surface area contributed by atoms with Gasteiger partial charge in [0.2, 0.25) is 0 Å². The molecule has 0 saturated heterocycles. The van der Waals surface area contributed by atoms with Crippen LogP contribution < -0.4 is 5.32 Å². The van der Waals surface area contributed by atoms with Gasteiger partial charge in [-0.3, -0.25) is 4.79 Å². The standard InChI is InChI=1S/C13H16BrNO3/c1-3-5-11(13(17)18)15-12(16)9-6-4-7-10(14)8(9)2/h4,6-7,11H,3,5H2,1-2H3,(H,15,16)(H,17,18)/t11-/m0/s1. The summed E-state index contributed by atoms with van der Waals surface area (Å²) < 4.78 is 0.831. The Morgan fingerprint density at radius 1 is 1.44 bits per heavy atom. The molecule has 0 aliphatic heterocycles. The van der Waals surface area contributed by atoms with E-state index in [-0.39, 0.29) is 5.91 Å². The number of halogens is 1. The molecule has 0 fully saturated rings. The number of rotatable bonds is 5. The van der Waals surface area contributed by atoms with Crippen LogP contribution in [0.2, 0.25) is 0 Å². The van der Waals surface area contributed by atoms with E-state index in [1.54, 1.807) is 12.1 Å². The number of benzene rings is 1. The van der Waals surface area contributed by atoms with Crippen LogP contribution in [-0.2, 0) is 4.79 Å². The van der Waals surface area contributed by atoms with Gasteiger partial charge in [-0.25, -0.2) is 4.79 Å². The molecular weight excluding hydrogens is 298 g/mol. The van der Waals surface area contributed by atoms with Crippen LogP contribution in [0.1, 0.15) is 35.7 Å². The molecule has 18 heavy (non-hydrogen) atoms. The van der Waals surface area contributed by atoms with Crippen LogP contribution in [0, 0.1) is 6.92 Å². The second-order valence-electron chi connectivity index (χ2n) is 4.07. The highest BCUT2D eigenvalue weighted by molar-refractivity contribution is 9.10. The van der Waals surface area contributed by atoms with Crippen molar-refractivity contribution in [1.29, 1.82) is 0 Å². The second-order valence-corrected chi connectivity index (χ2v) is 4.92. The van der Waals surface area contributed by atoms with Gasteiger partial charge in [0.25, 0.3) is 5.91 Å². The van der Waals surface area contributed by atoms with Gasteiger partial charge in [0.05, 0.1) is 0 Å². The van der Waals surface area contributed by atoms with Crippen LogP contribution in [-0.4, -0.2) is 23.0 Å². The van der Waals surface area contributed by atoms with Gasteiger partial charge in [-0.05, 0) is 31.0 Å². The molecule has 1 aromatic carbocycles. The molecule has 0 unspecified atom stereocenters. The normalized spacial score (nSPS) is 11.9. The monoisotopic (exact) mass is 313 g/mol. The molecule has 0 radical (unpaired) electrons. The van der Waals surface area contributed by atoms with E-state index < -0.39 is 12.0 Å². The highest BCUT2D eigenvalue weighted by atomic mass is 79.9. The molecule has 0 aliphatic carbocycles. The van der Waals surface area contributed by atoms with E-state index in [2.05, 4.69) is 21.2 Å². The van der Waals surface area contributed by atoms with Crippen LogP contribution in [0.4, 0.5) is 0 Å². The minimum Gasteiger partial charge on any atom is -0.480 e. The van der Waals surface area contributed by atoms with Gasteiger partial charge in [0.15, 0.2) is 0 Å². The molecule has 4 nitrogen and oxygen atoms in total. The molecule has 1 aromatic rings. The predicted molar refractivity (Wildman–Crippen MR) is 72.7 cm³/mol. The highest BCUT2D eigenvalue weighted by Gasteiger charge is 2.20. The fourth-order valence-corrected chi connectivity index (χ4v) is 2.00. The van der Waals surface area contributed by atoms with Gasteiger partial charge in [-0.1, -0.05) is 35.3 Å². The number of hydrogen-bond donors (Lipinski definition) is 2. The van der Waals surface area contributed by atoms with E-state index >= 15 is 0 Å². The zero-order chi connectivity index (χ0) is 13.7. The summed E-state index contributed by atoms with van der Waals surface area (Å²) in [6.45, 7) is 3.70. The first kappa shape index (κ1) is 14.7. The van der Waals surface area contributed by atoms with Crippen molar-refractivity contribution in [2.75, 3.05) is 0 Å². The Hall–Kier alpha value is -1.36. The maximum atomic E-state index is 12.0. The first-order chi connectivity index (χ1) is 8.47. The van der Waals surface area contributed by atoms with Gasteiger partial charge in [-0.2, -0.15) is 0 Å². The molecule has 1 amide bonds. The fraction of sp³-hybridized carbons (Fsp3) is 0.385. The predicted octanol–water partition coefficient (Wildman–Crippen LogP) is 2.74. The summed E-state index contributed by atoms with van der Waals surface area (Å²) in [7, 11) is 0. The Balaban J connectivity index is 2.87. The van der Waals surface area contributed by atoms with E-state index in [9.17, 15) is 9.59 Å². The maximum absolute atomic E-state index is 12.0. The number of carboxylic acid groups (broad SMARTS) is 1. The molecule has 1 atom stereocenters. The Labute approximate surface area is 115 Å². The smallest absolute Gasteiger partial charge is 0.326 e. The Kier molecular flexibility index (Phi) is 5.34. The molecule has 0 aliphatic rings. The largest absolute Gasteiger partial charge is 0.480 e. The number of carbonyl (C=O) groups excluding carboxylic acids is 1. The lowest BCUT2D eigenvalue weighted by atomic mass is 10.1.